The molecule has 2 aliphatic rings. The van der Waals surface area contributed by atoms with Crippen molar-refractivity contribution in [2.75, 3.05) is 11.6 Å². The van der Waals surface area contributed by atoms with Gasteiger partial charge in [-0.25, -0.2) is 9.98 Å². The molecule has 1 aromatic carbocycles. The van der Waals surface area contributed by atoms with Gasteiger partial charge in [-0.05, 0) is 26.0 Å². The monoisotopic (exact) mass is 553 g/mol. The van der Waals surface area contributed by atoms with Crippen molar-refractivity contribution in [1.29, 1.82) is 0 Å². The quantitative estimate of drug-likeness (QED) is 0.335. The summed E-state index contributed by atoms with van der Waals surface area (Å²) in [5, 5.41) is 2.07. The highest BCUT2D eigenvalue weighted by atomic mass is 35.5. The number of anilines is 1. The molecule has 0 saturated heterocycles. The zero-order chi connectivity index (χ0) is 26.5. The molecule has 0 amide bonds. The summed E-state index contributed by atoms with van der Waals surface area (Å²) in [5.41, 5.74) is -1.34. The predicted octanol–water partition coefficient (Wildman–Crippen LogP) is 6.41. The molecule has 5 nitrogen and oxygen atoms in total. The van der Waals surface area contributed by atoms with Crippen molar-refractivity contribution in [3.8, 4) is 0 Å². The maximum Gasteiger partial charge on any atom is 0.451 e. The first-order chi connectivity index (χ1) is 15.9. The number of allylic oxidation sites excluding steroid dienone is 1. The van der Waals surface area contributed by atoms with E-state index in [0.717, 1.165) is 10.6 Å². The summed E-state index contributed by atoms with van der Waals surface area (Å²) in [6.45, 7) is 3.25. The average molecular weight is 554 g/mol. The Bertz CT molecular complexity index is 1120. The van der Waals surface area contributed by atoms with Crippen molar-refractivity contribution in [1.82, 2.24) is 10.7 Å². The second-order valence-corrected chi connectivity index (χ2v) is 8.30. The molecule has 2 aliphatic heterocycles. The summed E-state index contributed by atoms with van der Waals surface area (Å²) < 4.78 is 120. The molecule has 16 heteroatoms. The predicted molar refractivity (Wildman–Crippen MR) is 112 cm³/mol. The highest BCUT2D eigenvalue weighted by molar-refractivity contribution is 6.39. The van der Waals surface area contributed by atoms with Crippen molar-refractivity contribution in [2.24, 2.45) is 9.98 Å². The average Bonchev–Trinajstić information content (AvgIpc) is 3.02. The minimum Gasteiger partial charge on any atom is -0.367 e. The Hall–Kier alpha value is -2.45. The van der Waals surface area contributed by atoms with Gasteiger partial charge in [0.1, 0.15) is 12.0 Å². The summed E-state index contributed by atoms with van der Waals surface area (Å²) in [4.78, 5) is 5.94. The number of nitrogens with zero attached hydrogens (tertiary/aromatic N) is 3. The smallest absolute Gasteiger partial charge is 0.367 e. The fourth-order valence-electron chi connectivity index (χ4n) is 3.15. The van der Waals surface area contributed by atoms with Crippen LogP contribution in [0.1, 0.15) is 19.4 Å². The van der Waals surface area contributed by atoms with Gasteiger partial charge in [-0.2, -0.15) is 44.9 Å². The third-order valence-corrected chi connectivity index (χ3v) is 5.17. The zero-order valence-electron chi connectivity index (χ0n) is 17.5. The van der Waals surface area contributed by atoms with E-state index in [4.69, 9.17) is 23.2 Å². The summed E-state index contributed by atoms with van der Waals surface area (Å²) >= 11 is 12.0. The molecule has 0 fully saturated rings. The van der Waals surface area contributed by atoms with E-state index in [1.165, 1.54) is 0 Å². The third-order valence-electron chi connectivity index (χ3n) is 4.60. The number of hydrazine groups is 1. The molecule has 0 aliphatic carbocycles. The van der Waals surface area contributed by atoms with Gasteiger partial charge in [0.05, 0.1) is 26.9 Å². The van der Waals surface area contributed by atoms with Gasteiger partial charge in [0.15, 0.2) is 5.71 Å². The Labute approximate surface area is 202 Å². The summed E-state index contributed by atoms with van der Waals surface area (Å²) in [5.74, 6) is -2.53. The molecular weight excluding hydrogens is 540 g/mol. The maximum atomic E-state index is 13.8. The number of halogens is 11. The lowest BCUT2D eigenvalue weighted by Crippen LogP contribution is -2.43. The number of fused-ring (bicyclic) bond motifs is 1. The lowest BCUT2D eigenvalue weighted by molar-refractivity contribution is -0.137. The van der Waals surface area contributed by atoms with Crippen molar-refractivity contribution < 1.29 is 39.5 Å². The zero-order valence-corrected chi connectivity index (χ0v) is 19.0. The number of hydrogen-bond donors (Lipinski definition) is 2. The fraction of sp³-hybridized carbons (Fsp3) is 0.368. The van der Waals surface area contributed by atoms with Crippen LogP contribution in [0.15, 0.2) is 45.2 Å². The van der Waals surface area contributed by atoms with E-state index in [1.54, 1.807) is 19.9 Å². The first-order valence-electron chi connectivity index (χ1n) is 9.46. The number of aliphatic imine (C=N–C) groups is 2. The fourth-order valence-corrected chi connectivity index (χ4v) is 3.81. The van der Waals surface area contributed by atoms with Crippen LogP contribution in [0, 0.1) is 0 Å². The Balaban J connectivity index is 2.23. The van der Waals surface area contributed by atoms with Crippen LogP contribution in [0.2, 0.25) is 10.0 Å². The van der Waals surface area contributed by atoms with Crippen LogP contribution in [-0.2, 0) is 6.18 Å². The van der Waals surface area contributed by atoms with Gasteiger partial charge >= 0.3 is 18.5 Å². The van der Waals surface area contributed by atoms with Crippen LogP contribution in [0.4, 0.5) is 45.2 Å². The highest BCUT2D eigenvalue weighted by Gasteiger charge is 2.52. The first kappa shape index (κ1) is 27.1. The topological polar surface area (TPSA) is 52.0 Å². The minimum absolute atomic E-state index is 0.108. The van der Waals surface area contributed by atoms with Crippen molar-refractivity contribution in [2.45, 2.75) is 38.5 Å². The molecule has 1 unspecified atom stereocenters. The molecule has 1 aromatic rings. The van der Waals surface area contributed by atoms with Crippen molar-refractivity contribution in [3.05, 3.63) is 50.8 Å². The largest absolute Gasteiger partial charge is 0.451 e. The number of hydrogen-bond acceptors (Lipinski definition) is 5. The van der Waals surface area contributed by atoms with Gasteiger partial charge < -0.3 is 5.32 Å². The van der Waals surface area contributed by atoms with E-state index in [-0.39, 0.29) is 6.54 Å². The normalized spacial score (nSPS) is 18.9. The molecule has 1 atom stereocenters. The van der Waals surface area contributed by atoms with E-state index in [2.05, 4.69) is 20.7 Å². The van der Waals surface area contributed by atoms with Crippen LogP contribution >= 0.6 is 23.2 Å². The molecule has 0 radical (unpaired) electrons. The van der Waals surface area contributed by atoms with E-state index in [0.29, 0.717) is 12.1 Å². The molecular formula is C19H14Cl2F9N5. The second kappa shape index (κ2) is 9.21. The molecule has 0 saturated carbocycles. The molecule has 192 valence electrons. The Morgan fingerprint density at radius 1 is 1.00 bits per heavy atom. The highest BCUT2D eigenvalue weighted by Crippen LogP contribution is 2.44. The lowest BCUT2D eigenvalue weighted by atomic mass is 10.1. The van der Waals surface area contributed by atoms with Crippen molar-refractivity contribution in [3.63, 3.8) is 0 Å². The van der Waals surface area contributed by atoms with Gasteiger partial charge in [-0.3, -0.25) is 5.01 Å². The molecule has 0 spiro atoms. The SMILES string of the molecule is CC(C)=CCNC1=C2C(C(F)(F)F)=NC(C(F)(F)F)=NC2NN1c1c(Cl)cc(C(F)(F)F)cc1Cl. The van der Waals surface area contributed by atoms with Gasteiger partial charge in [0.2, 0.25) is 5.84 Å². The summed E-state index contributed by atoms with van der Waals surface area (Å²) in [7, 11) is 0. The molecule has 35 heavy (non-hydrogen) atoms. The molecule has 3 rings (SSSR count). The first-order valence-corrected chi connectivity index (χ1v) is 10.2. The van der Waals surface area contributed by atoms with Gasteiger partial charge in [0, 0.05) is 6.54 Å². The van der Waals surface area contributed by atoms with Crippen LogP contribution in [-0.4, -0.2) is 36.6 Å². The number of alkyl halides is 9. The number of nitrogens with one attached hydrogen (secondary N) is 2. The molecule has 0 bridgehead atoms. The van der Waals surface area contributed by atoms with Crippen LogP contribution in [0.5, 0.6) is 0 Å². The Morgan fingerprint density at radius 2 is 1.57 bits per heavy atom. The van der Waals surface area contributed by atoms with Crippen LogP contribution in [0.3, 0.4) is 0 Å². The van der Waals surface area contributed by atoms with Gasteiger partial charge in [-0.1, -0.05) is 34.9 Å². The number of benzene rings is 1. The van der Waals surface area contributed by atoms with E-state index >= 15 is 0 Å². The molecule has 2 heterocycles. The summed E-state index contributed by atoms with van der Waals surface area (Å²) in [6.07, 6.45) is -15.9. The second-order valence-electron chi connectivity index (χ2n) is 7.49. The number of rotatable bonds is 4. The lowest BCUT2D eigenvalue weighted by Gasteiger charge is -2.26. The van der Waals surface area contributed by atoms with Gasteiger partial charge in [0.25, 0.3) is 0 Å². The van der Waals surface area contributed by atoms with Crippen molar-refractivity contribution >= 4 is 40.4 Å². The van der Waals surface area contributed by atoms with E-state index < -0.39 is 68.9 Å². The van der Waals surface area contributed by atoms with Crippen LogP contribution < -0.4 is 15.8 Å². The van der Waals surface area contributed by atoms with E-state index in [9.17, 15) is 39.5 Å². The Kier molecular flexibility index (Phi) is 7.14. The number of amidine groups is 1. The van der Waals surface area contributed by atoms with Crippen LogP contribution in [0.25, 0.3) is 0 Å². The standard InChI is InChI=1S/C19H14Cl2F9N5/c1-7(2)3-4-31-15-11-13(18(25,26)27)32-16(19(28,29)30)33-14(11)34-35(15)12-9(20)5-8(6-10(12)21)17(22,23)24/h3,5-6,14,31,34H,4H2,1-2H3. The molecule has 0 aromatic heterocycles. The Morgan fingerprint density at radius 3 is 2.03 bits per heavy atom. The van der Waals surface area contributed by atoms with E-state index in [1.807, 2.05) is 0 Å². The maximum absolute atomic E-state index is 13.8. The minimum atomic E-state index is -5.34. The summed E-state index contributed by atoms with van der Waals surface area (Å²) in [6, 6.07) is 0.960. The molecule has 2 N–H and O–H groups in total. The van der Waals surface area contributed by atoms with Gasteiger partial charge in [-0.15, -0.1) is 0 Å². The third kappa shape index (κ3) is 5.70.